The number of carbonyl (C=O) groups is 1. The van der Waals surface area contributed by atoms with Crippen molar-refractivity contribution in [2.75, 3.05) is 19.6 Å². The third-order valence-electron chi connectivity index (χ3n) is 4.74. The molecule has 1 aliphatic heterocycles. The lowest BCUT2D eigenvalue weighted by Crippen LogP contribution is -2.49. The number of carbonyl (C=O) groups excluding carboxylic acids is 1. The molecule has 1 aromatic carbocycles. The minimum absolute atomic E-state index is 0.117. The Morgan fingerprint density at radius 2 is 2.14 bits per heavy atom. The van der Waals surface area contributed by atoms with Crippen molar-refractivity contribution in [2.45, 2.75) is 38.1 Å². The van der Waals surface area contributed by atoms with Crippen molar-refractivity contribution < 1.29 is 4.79 Å². The molecule has 1 unspecified atom stereocenters. The van der Waals surface area contributed by atoms with E-state index in [-0.39, 0.29) is 6.04 Å². The maximum absolute atomic E-state index is 12.7. The molecule has 3 nitrogen and oxygen atoms in total. The summed E-state index contributed by atoms with van der Waals surface area (Å²) >= 11 is 6.10. The van der Waals surface area contributed by atoms with E-state index in [4.69, 9.17) is 11.6 Å². The summed E-state index contributed by atoms with van der Waals surface area (Å²) in [4.78, 5) is 14.7. The Bertz CT molecular complexity index is 499. The second-order valence-corrected chi connectivity index (χ2v) is 6.65. The molecule has 1 N–H and O–H groups in total. The fourth-order valence-electron chi connectivity index (χ4n) is 3.59. The first-order valence-electron chi connectivity index (χ1n) is 7.99. The predicted molar refractivity (Wildman–Crippen MR) is 85.4 cm³/mol. The molecular formula is C17H23ClN2O. The van der Waals surface area contributed by atoms with Crippen LogP contribution >= 0.6 is 11.6 Å². The molecule has 1 aliphatic carbocycles. The first kappa shape index (κ1) is 14.9. The van der Waals surface area contributed by atoms with Crippen LogP contribution < -0.4 is 5.32 Å². The van der Waals surface area contributed by atoms with E-state index >= 15 is 0 Å². The molecule has 2 aliphatic rings. The Labute approximate surface area is 131 Å². The molecule has 0 bridgehead atoms. The smallest absolute Gasteiger partial charge is 0.223 e. The van der Waals surface area contributed by atoms with Gasteiger partial charge in [0.15, 0.2) is 0 Å². The van der Waals surface area contributed by atoms with Crippen LogP contribution in [0.4, 0.5) is 0 Å². The summed E-state index contributed by atoms with van der Waals surface area (Å²) in [5.41, 5.74) is 1.13. The molecule has 1 aromatic rings. The maximum atomic E-state index is 12.7. The van der Waals surface area contributed by atoms with E-state index in [0.717, 1.165) is 36.6 Å². The molecule has 3 rings (SSSR count). The quantitative estimate of drug-likeness (QED) is 0.928. The van der Waals surface area contributed by atoms with Gasteiger partial charge < -0.3 is 10.2 Å². The minimum atomic E-state index is 0.117. The molecule has 21 heavy (non-hydrogen) atoms. The summed E-state index contributed by atoms with van der Waals surface area (Å²) in [6, 6.07) is 8.01. The Morgan fingerprint density at radius 3 is 2.90 bits per heavy atom. The monoisotopic (exact) mass is 306 g/mol. The largest absolute Gasteiger partial charge is 0.333 e. The summed E-state index contributed by atoms with van der Waals surface area (Å²) in [7, 11) is 0. The Kier molecular flexibility index (Phi) is 4.81. The molecule has 1 saturated carbocycles. The van der Waals surface area contributed by atoms with Gasteiger partial charge in [-0.25, -0.2) is 0 Å². The molecule has 4 heteroatoms. The van der Waals surface area contributed by atoms with Crippen LogP contribution in [0.25, 0.3) is 0 Å². The number of benzene rings is 1. The average molecular weight is 307 g/mol. The summed E-state index contributed by atoms with van der Waals surface area (Å²) in [6.07, 6.45) is 5.74. The highest BCUT2D eigenvalue weighted by atomic mass is 35.5. The second kappa shape index (κ2) is 6.80. The molecule has 2 fully saturated rings. The summed E-state index contributed by atoms with van der Waals surface area (Å²) < 4.78 is 0. The molecule has 1 saturated heterocycles. The molecule has 1 amide bonds. The number of halogens is 1. The second-order valence-electron chi connectivity index (χ2n) is 6.22. The number of nitrogens with one attached hydrogen (secondary N) is 1. The van der Waals surface area contributed by atoms with Crippen LogP contribution in [-0.2, 0) is 4.79 Å². The number of hydrogen-bond acceptors (Lipinski definition) is 2. The van der Waals surface area contributed by atoms with Crippen LogP contribution in [0.5, 0.6) is 0 Å². The lowest BCUT2D eigenvalue weighted by Gasteiger charge is -2.37. The molecular weight excluding hydrogens is 284 g/mol. The van der Waals surface area contributed by atoms with Crippen LogP contribution in [0.1, 0.15) is 43.7 Å². The van der Waals surface area contributed by atoms with Gasteiger partial charge in [0.05, 0.1) is 6.04 Å². The third kappa shape index (κ3) is 3.58. The SMILES string of the molecule is O=C(CC1CCCC1)N1CCNCC1c1cccc(Cl)c1. The number of amides is 1. The highest BCUT2D eigenvalue weighted by Gasteiger charge is 2.29. The standard InChI is InChI=1S/C17H23ClN2O/c18-15-7-3-6-14(11-15)16-12-19-8-9-20(16)17(21)10-13-4-1-2-5-13/h3,6-7,11,13,16,19H,1-2,4-5,8-10,12H2. The van der Waals surface area contributed by atoms with Gasteiger partial charge in [0.25, 0.3) is 0 Å². The number of rotatable bonds is 3. The van der Waals surface area contributed by atoms with E-state index < -0.39 is 0 Å². The van der Waals surface area contributed by atoms with Crippen LogP contribution in [0.3, 0.4) is 0 Å². The summed E-state index contributed by atoms with van der Waals surface area (Å²) in [5.74, 6) is 0.917. The van der Waals surface area contributed by atoms with Gasteiger partial charge >= 0.3 is 0 Å². The van der Waals surface area contributed by atoms with Gasteiger partial charge in [-0.2, -0.15) is 0 Å². The van der Waals surface area contributed by atoms with E-state index in [1.807, 2.05) is 18.2 Å². The normalized spacial score (nSPS) is 23.5. The summed E-state index contributed by atoms with van der Waals surface area (Å²) in [6.45, 7) is 2.49. The Hall–Kier alpha value is -1.06. The molecule has 114 valence electrons. The zero-order chi connectivity index (χ0) is 14.7. The summed E-state index contributed by atoms with van der Waals surface area (Å²) in [5, 5.41) is 4.13. The van der Waals surface area contributed by atoms with E-state index in [9.17, 15) is 4.79 Å². The van der Waals surface area contributed by atoms with Gasteiger partial charge in [-0.3, -0.25) is 4.79 Å². The van der Waals surface area contributed by atoms with Gasteiger partial charge in [-0.1, -0.05) is 36.6 Å². The van der Waals surface area contributed by atoms with Crippen molar-refractivity contribution in [1.82, 2.24) is 10.2 Å². The highest BCUT2D eigenvalue weighted by molar-refractivity contribution is 6.30. The van der Waals surface area contributed by atoms with E-state index in [1.165, 1.54) is 25.7 Å². The Morgan fingerprint density at radius 1 is 1.33 bits per heavy atom. The van der Waals surface area contributed by atoms with Gasteiger partial charge in [0.2, 0.25) is 5.91 Å². The van der Waals surface area contributed by atoms with E-state index in [1.54, 1.807) is 0 Å². The molecule has 0 aromatic heterocycles. The van der Waals surface area contributed by atoms with Crippen molar-refractivity contribution >= 4 is 17.5 Å². The van der Waals surface area contributed by atoms with Crippen molar-refractivity contribution in [2.24, 2.45) is 5.92 Å². The van der Waals surface area contributed by atoms with Gasteiger partial charge in [-0.05, 0) is 36.5 Å². The van der Waals surface area contributed by atoms with Crippen molar-refractivity contribution in [3.8, 4) is 0 Å². The molecule has 0 radical (unpaired) electrons. The molecule has 0 spiro atoms. The lowest BCUT2D eigenvalue weighted by atomic mass is 9.99. The first-order valence-corrected chi connectivity index (χ1v) is 8.37. The van der Waals surface area contributed by atoms with E-state index in [2.05, 4.69) is 16.3 Å². The zero-order valence-corrected chi connectivity index (χ0v) is 13.1. The van der Waals surface area contributed by atoms with Crippen molar-refractivity contribution in [3.05, 3.63) is 34.9 Å². The van der Waals surface area contributed by atoms with Crippen LogP contribution in [0.15, 0.2) is 24.3 Å². The third-order valence-corrected chi connectivity index (χ3v) is 4.97. The zero-order valence-electron chi connectivity index (χ0n) is 12.4. The number of nitrogens with zero attached hydrogens (tertiary/aromatic N) is 1. The number of hydrogen-bond donors (Lipinski definition) is 1. The molecule has 1 heterocycles. The first-order chi connectivity index (χ1) is 10.2. The Balaban J connectivity index is 1.72. The lowest BCUT2D eigenvalue weighted by molar-refractivity contribution is -0.135. The topological polar surface area (TPSA) is 32.3 Å². The van der Waals surface area contributed by atoms with Crippen molar-refractivity contribution in [3.63, 3.8) is 0 Å². The van der Waals surface area contributed by atoms with Gasteiger partial charge in [0.1, 0.15) is 0 Å². The number of piperazine rings is 1. The van der Waals surface area contributed by atoms with Crippen molar-refractivity contribution in [1.29, 1.82) is 0 Å². The minimum Gasteiger partial charge on any atom is -0.333 e. The highest BCUT2D eigenvalue weighted by Crippen LogP contribution is 2.31. The maximum Gasteiger partial charge on any atom is 0.223 e. The molecule has 1 atom stereocenters. The van der Waals surface area contributed by atoms with Crippen LogP contribution in [0.2, 0.25) is 5.02 Å². The van der Waals surface area contributed by atoms with Gasteiger partial charge in [0, 0.05) is 31.1 Å². The van der Waals surface area contributed by atoms with Gasteiger partial charge in [-0.15, -0.1) is 0 Å². The van der Waals surface area contributed by atoms with Crippen LogP contribution in [-0.4, -0.2) is 30.4 Å². The van der Waals surface area contributed by atoms with E-state index in [0.29, 0.717) is 11.8 Å². The van der Waals surface area contributed by atoms with Crippen LogP contribution in [0, 0.1) is 5.92 Å². The average Bonchev–Trinajstić information content (AvgIpc) is 3.00. The fourth-order valence-corrected chi connectivity index (χ4v) is 3.79. The fraction of sp³-hybridized carbons (Fsp3) is 0.588. The predicted octanol–water partition coefficient (Wildman–Crippen LogP) is 3.39.